The van der Waals surface area contributed by atoms with Gasteiger partial charge in [-0.15, -0.1) is 0 Å². The van der Waals surface area contributed by atoms with Gasteiger partial charge in [0.15, 0.2) is 0 Å². The summed E-state index contributed by atoms with van der Waals surface area (Å²) in [5, 5.41) is 2.78. The molecule has 0 heterocycles. The van der Waals surface area contributed by atoms with Crippen LogP contribution in [-0.2, 0) is 0 Å². The molecule has 0 aliphatic rings. The second kappa shape index (κ2) is 5.36. The fourth-order valence-corrected chi connectivity index (χ4v) is 1.13. The predicted molar refractivity (Wildman–Crippen MR) is 59.0 cm³/mol. The maximum absolute atomic E-state index is 11.7. The smallest absolute Gasteiger partial charge is 0.251 e. The zero-order chi connectivity index (χ0) is 11.3. The van der Waals surface area contributed by atoms with Crippen LogP contribution in [0, 0.1) is 0 Å². The number of rotatable bonds is 4. The lowest BCUT2D eigenvalue weighted by atomic mass is 10.2. The Morgan fingerprint density at radius 1 is 1.60 bits per heavy atom. The molecule has 4 heteroatoms. The van der Waals surface area contributed by atoms with E-state index in [4.69, 9.17) is 10.5 Å². The molecule has 0 saturated heterocycles. The molecule has 1 rings (SSSR count). The Bertz CT molecular complexity index is 339. The van der Waals surface area contributed by atoms with Gasteiger partial charge in [-0.3, -0.25) is 4.79 Å². The van der Waals surface area contributed by atoms with Crippen molar-refractivity contribution in [1.82, 2.24) is 5.32 Å². The molecule has 3 N–H and O–H groups in total. The van der Waals surface area contributed by atoms with Gasteiger partial charge in [-0.1, -0.05) is 6.07 Å². The van der Waals surface area contributed by atoms with Gasteiger partial charge in [0.2, 0.25) is 0 Å². The largest absolute Gasteiger partial charge is 0.497 e. The fourth-order valence-electron chi connectivity index (χ4n) is 1.13. The summed E-state index contributed by atoms with van der Waals surface area (Å²) in [6.07, 6.45) is 0. The van der Waals surface area contributed by atoms with Gasteiger partial charge in [0.25, 0.3) is 5.91 Å². The first-order chi connectivity index (χ1) is 7.17. The lowest BCUT2D eigenvalue weighted by Crippen LogP contribution is -2.37. The van der Waals surface area contributed by atoms with E-state index in [2.05, 4.69) is 5.32 Å². The van der Waals surface area contributed by atoms with E-state index in [0.717, 1.165) is 0 Å². The van der Waals surface area contributed by atoms with E-state index in [1.165, 1.54) is 0 Å². The third kappa shape index (κ3) is 3.25. The number of nitrogens with two attached hydrogens (primary N) is 1. The van der Waals surface area contributed by atoms with Crippen LogP contribution in [0.1, 0.15) is 17.3 Å². The van der Waals surface area contributed by atoms with Gasteiger partial charge in [-0.2, -0.15) is 0 Å². The van der Waals surface area contributed by atoms with Crippen molar-refractivity contribution < 1.29 is 9.53 Å². The molecular formula is C11H16N2O2. The molecule has 0 aromatic heterocycles. The van der Waals surface area contributed by atoms with Crippen molar-refractivity contribution in [2.24, 2.45) is 5.73 Å². The summed E-state index contributed by atoms with van der Waals surface area (Å²) in [5.74, 6) is 0.537. The minimum atomic E-state index is -0.133. The molecule has 0 fully saturated rings. The second-order valence-corrected chi connectivity index (χ2v) is 3.34. The summed E-state index contributed by atoms with van der Waals surface area (Å²) in [6.45, 7) is 2.29. The molecule has 1 atom stereocenters. The molecule has 0 aliphatic heterocycles. The van der Waals surface area contributed by atoms with E-state index in [9.17, 15) is 4.79 Å². The maximum Gasteiger partial charge on any atom is 0.251 e. The van der Waals surface area contributed by atoms with E-state index >= 15 is 0 Å². The van der Waals surface area contributed by atoms with Crippen LogP contribution in [0.15, 0.2) is 24.3 Å². The lowest BCUT2D eigenvalue weighted by molar-refractivity contribution is 0.0941. The number of carbonyl (C=O) groups excluding carboxylic acids is 1. The second-order valence-electron chi connectivity index (χ2n) is 3.34. The van der Waals surface area contributed by atoms with Gasteiger partial charge >= 0.3 is 0 Å². The molecule has 0 radical (unpaired) electrons. The summed E-state index contributed by atoms with van der Waals surface area (Å²) >= 11 is 0. The van der Waals surface area contributed by atoms with Crippen LogP contribution in [-0.4, -0.2) is 25.6 Å². The number of amides is 1. The summed E-state index contributed by atoms with van der Waals surface area (Å²) in [7, 11) is 1.57. The molecule has 0 bridgehead atoms. The predicted octanol–water partition coefficient (Wildman–Crippen LogP) is 0.772. The van der Waals surface area contributed by atoms with Gasteiger partial charge < -0.3 is 15.8 Å². The van der Waals surface area contributed by atoms with Crippen molar-refractivity contribution in [3.05, 3.63) is 29.8 Å². The highest BCUT2D eigenvalue weighted by Gasteiger charge is 2.08. The summed E-state index contributed by atoms with van der Waals surface area (Å²) in [6, 6.07) is 6.98. The lowest BCUT2D eigenvalue weighted by Gasteiger charge is -2.11. The highest BCUT2D eigenvalue weighted by atomic mass is 16.5. The van der Waals surface area contributed by atoms with Crippen LogP contribution >= 0.6 is 0 Å². The molecule has 1 aromatic rings. The van der Waals surface area contributed by atoms with Crippen LogP contribution in [0.3, 0.4) is 0 Å². The van der Waals surface area contributed by atoms with Crippen molar-refractivity contribution in [3.8, 4) is 5.75 Å². The molecular weight excluding hydrogens is 192 g/mol. The standard InChI is InChI=1S/C11H16N2O2/c1-8(7-12)13-11(14)9-4-3-5-10(6-9)15-2/h3-6,8H,7,12H2,1-2H3,(H,13,14)/t8-/m1/s1. The number of nitrogens with one attached hydrogen (secondary N) is 1. The molecule has 0 aliphatic carbocycles. The Labute approximate surface area is 89.4 Å². The van der Waals surface area contributed by atoms with E-state index in [1.54, 1.807) is 31.4 Å². The first kappa shape index (κ1) is 11.5. The molecule has 15 heavy (non-hydrogen) atoms. The SMILES string of the molecule is COc1cccc(C(=O)N[C@H](C)CN)c1. The first-order valence-corrected chi connectivity index (χ1v) is 4.82. The summed E-state index contributed by atoms with van der Waals surface area (Å²) < 4.78 is 5.03. The monoisotopic (exact) mass is 208 g/mol. The molecule has 1 aromatic carbocycles. The molecule has 0 spiro atoms. The zero-order valence-corrected chi connectivity index (χ0v) is 8.99. The normalized spacial score (nSPS) is 11.9. The Morgan fingerprint density at radius 2 is 2.33 bits per heavy atom. The molecule has 1 amide bonds. The first-order valence-electron chi connectivity index (χ1n) is 4.82. The number of hydrogen-bond donors (Lipinski definition) is 2. The molecule has 82 valence electrons. The number of benzene rings is 1. The molecule has 0 unspecified atom stereocenters. The van der Waals surface area contributed by atoms with Crippen LogP contribution in [0.2, 0.25) is 0 Å². The Balaban J connectivity index is 2.73. The zero-order valence-electron chi connectivity index (χ0n) is 8.99. The third-order valence-corrected chi connectivity index (χ3v) is 2.06. The minimum absolute atomic E-state index is 0.0244. The third-order valence-electron chi connectivity index (χ3n) is 2.06. The Kier molecular flexibility index (Phi) is 4.12. The molecule has 0 saturated carbocycles. The van der Waals surface area contributed by atoms with Gasteiger partial charge in [-0.25, -0.2) is 0 Å². The van der Waals surface area contributed by atoms with Gasteiger partial charge in [0.1, 0.15) is 5.75 Å². The van der Waals surface area contributed by atoms with Crippen molar-refractivity contribution in [3.63, 3.8) is 0 Å². The molecule has 4 nitrogen and oxygen atoms in total. The average molecular weight is 208 g/mol. The van der Waals surface area contributed by atoms with Crippen molar-refractivity contribution in [2.45, 2.75) is 13.0 Å². The van der Waals surface area contributed by atoms with E-state index in [-0.39, 0.29) is 11.9 Å². The number of ether oxygens (including phenoxy) is 1. The van der Waals surface area contributed by atoms with Crippen LogP contribution in [0.25, 0.3) is 0 Å². The van der Waals surface area contributed by atoms with Crippen molar-refractivity contribution in [2.75, 3.05) is 13.7 Å². The maximum atomic E-state index is 11.7. The minimum Gasteiger partial charge on any atom is -0.497 e. The number of carbonyl (C=O) groups is 1. The number of hydrogen-bond acceptors (Lipinski definition) is 3. The Hall–Kier alpha value is -1.55. The van der Waals surface area contributed by atoms with Crippen molar-refractivity contribution in [1.29, 1.82) is 0 Å². The highest BCUT2D eigenvalue weighted by Crippen LogP contribution is 2.12. The van der Waals surface area contributed by atoms with E-state index in [0.29, 0.717) is 17.9 Å². The fraction of sp³-hybridized carbons (Fsp3) is 0.364. The quantitative estimate of drug-likeness (QED) is 0.768. The topological polar surface area (TPSA) is 64.3 Å². The summed E-state index contributed by atoms with van der Waals surface area (Å²) in [5.41, 5.74) is 5.99. The van der Waals surface area contributed by atoms with Gasteiger partial charge in [-0.05, 0) is 25.1 Å². The highest BCUT2D eigenvalue weighted by molar-refractivity contribution is 5.94. The number of methoxy groups -OCH3 is 1. The van der Waals surface area contributed by atoms with E-state index < -0.39 is 0 Å². The average Bonchev–Trinajstić information content (AvgIpc) is 2.28. The van der Waals surface area contributed by atoms with E-state index in [1.807, 2.05) is 6.92 Å². The van der Waals surface area contributed by atoms with Crippen LogP contribution in [0.4, 0.5) is 0 Å². The Morgan fingerprint density at radius 3 is 2.93 bits per heavy atom. The van der Waals surface area contributed by atoms with Crippen LogP contribution < -0.4 is 15.8 Å². The van der Waals surface area contributed by atoms with Crippen molar-refractivity contribution >= 4 is 5.91 Å². The summed E-state index contributed by atoms with van der Waals surface area (Å²) in [4.78, 5) is 11.7. The van der Waals surface area contributed by atoms with Gasteiger partial charge in [0.05, 0.1) is 7.11 Å². The van der Waals surface area contributed by atoms with Gasteiger partial charge in [0, 0.05) is 18.2 Å². The van der Waals surface area contributed by atoms with Crippen LogP contribution in [0.5, 0.6) is 5.75 Å².